The summed E-state index contributed by atoms with van der Waals surface area (Å²) >= 11 is 7.70. The van der Waals surface area contributed by atoms with Crippen LogP contribution >= 0.6 is 22.9 Å². The average Bonchev–Trinajstić information content (AvgIpc) is 2.97. The zero-order chi connectivity index (χ0) is 15.2. The highest BCUT2D eigenvalue weighted by Crippen LogP contribution is 2.15. The SMILES string of the molecule is CC(Cc1cccs1)N(C)CCC(=O)c1cccc(Cl)c1. The third-order valence-corrected chi connectivity index (χ3v) is 4.80. The Morgan fingerprint density at radius 2 is 2.14 bits per heavy atom. The summed E-state index contributed by atoms with van der Waals surface area (Å²) in [6.45, 7) is 2.96. The van der Waals surface area contributed by atoms with Gasteiger partial charge in [0.1, 0.15) is 0 Å². The van der Waals surface area contributed by atoms with Gasteiger partial charge in [0.15, 0.2) is 5.78 Å². The van der Waals surface area contributed by atoms with Crippen LogP contribution in [0.25, 0.3) is 0 Å². The van der Waals surface area contributed by atoms with Crippen molar-refractivity contribution < 1.29 is 4.79 Å². The van der Waals surface area contributed by atoms with E-state index in [9.17, 15) is 4.79 Å². The molecule has 2 nitrogen and oxygen atoms in total. The van der Waals surface area contributed by atoms with E-state index >= 15 is 0 Å². The van der Waals surface area contributed by atoms with Crippen molar-refractivity contribution >= 4 is 28.7 Å². The van der Waals surface area contributed by atoms with E-state index in [2.05, 4.69) is 36.4 Å². The van der Waals surface area contributed by atoms with Crippen LogP contribution in [0, 0.1) is 0 Å². The zero-order valence-electron chi connectivity index (χ0n) is 12.4. The number of halogens is 1. The molecule has 1 atom stereocenters. The molecule has 112 valence electrons. The Balaban J connectivity index is 1.83. The Morgan fingerprint density at radius 1 is 1.33 bits per heavy atom. The van der Waals surface area contributed by atoms with E-state index in [0.717, 1.165) is 13.0 Å². The molecule has 0 saturated heterocycles. The van der Waals surface area contributed by atoms with Crippen molar-refractivity contribution in [3.63, 3.8) is 0 Å². The van der Waals surface area contributed by atoms with Crippen molar-refractivity contribution in [2.75, 3.05) is 13.6 Å². The number of hydrogen-bond acceptors (Lipinski definition) is 3. The third-order valence-electron chi connectivity index (χ3n) is 3.67. The second-order valence-corrected chi connectivity index (χ2v) is 6.77. The molecule has 4 heteroatoms. The quantitative estimate of drug-likeness (QED) is 0.698. The smallest absolute Gasteiger partial charge is 0.164 e. The van der Waals surface area contributed by atoms with E-state index in [4.69, 9.17) is 11.6 Å². The highest BCUT2D eigenvalue weighted by molar-refractivity contribution is 7.09. The van der Waals surface area contributed by atoms with Crippen LogP contribution in [-0.2, 0) is 6.42 Å². The van der Waals surface area contributed by atoms with Gasteiger partial charge in [-0.2, -0.15) is 0 Å². The number of ketones is 1. The normalized spacial score (nSPS) is 12.6. The summed E-state index contributed by atoms with van der Waals surface area (Å²) in [4.78, 5) is 15.8. The number of hydrogen-bond donors (Lipinski definition) is 0. The fraction of sp³-hybridized carbons (Fsp3) is 0.353. The molecule has 1 unspecified atom stereocenters. The lowest BCUT2D eigenvalue weighted by molar-refractivity contribution is 0.0962. The molecular weight excluding hydrogens is 302 g/mol. The van der Waals surface area contributed by atoms with E-state index < -0.39 is 0 Å². The molecule has 0 fully saturated rings. The molecule has 0 N–H and O–H groups in total. The number of thiophene rings is 1. The topological polar surface area (TPSA) is 20.3 Å². The summed E-state index contributed by atoms with van der Waals surface area (Å²) in [5, 5.41) is 2.71. The lowest BCUT2D eigenvalue weighted by Gasteiger charge is -2.24. The molecule has 0 amide bonds. The summed E-state index contributed by atoms with van der Waals surface area (Å²) in [6, 6.07) is 11.8. The van der Waals surface area contributed by atoms with E-state index in [-0.39, 0.29) is 5.78 Å². The zero-order valence-corrected chi connectivity index (χ0v) is 14.0. The molecule has 0 saturated carbocycles. The highest BCUT2D eigenvalue weighted by atomic mass is 35.5. The first-order valence-corrected chi connectivity index (χ1v) is 8.33. The van der Waals surface area contributed by atoms with Crippen molar-refractivity contribution in [3.05, 3.63) is 57.2 Å². The number of likely N-dealkylation sites (N-methyl/N-ethyl adjacent to an activating group) is 1. The summed E-state index contributed by atoms with van der Waals surface area (Å²) in [5.41, 5.74) is 0.696. The van der Waals surface area contributed by atoms with E-state index in [0.29, 0.717) is 23.0 Å². The Kier molecular flexibility index (Phi) is 5.97. The van der Waals surface area contributed by atoms with Crippen LogP contribution < -0.4 is 0 Å². The van der Waals surface area contributed by atoms with Gasteiger partial charge in [-0.25, -0.2) is 0 Å². The monoisotopic (exact) mass is 321 g/mol. The molecule has 1 aromatic heterocycles. The van der Waals surface area contributed by atoms with Gasteiger partial charge in [0.05, 0.1) is 0 Å². The summed E-state index contributed by atoms with van der Waals surface area (Å²) in [6.07, 6.45) is 1.55. The highest BCUT2D eigenvalue weighted by Gasteiger charge is 2.13. The molecule has 1 aromatic carbocycles. The Bertz CT molecular complexity index is 582. The Labute approximate surface area is 135 Å². The molecule has 0 spiro atoms. The van der Waals surface area contributed by atoms with Crippen molar-refractivity contribution in [1.29, 1.82) is 0 Å². The predicted molar refractivity (Wildman–Crippen MR) is 90.5 cm³/mol. The summed E-state index contributed by atoms with van der Waals surface area (Å²) in [5.74, 6) is 0.146. The number of rotatable bonds is 7. The van der Waals surface area contributed by atoms with Crippen LogP contribution in [0.5, 0.6) is 0 Å². The van der Waals surface area contributed by atoms with Gasteiger partial charge < -0.3 is 4.90 Å². The minimum atomic E-state index is 0.146. The second kappa shape index (κ2) is 7.74. The van der Waals surface area contributed by atoms with Gasteiger partial charge in [-0.3, -0.25) is 4.79 Å². The maximum Gasteiger partial charge on any atom is 0.164 e. The van der Waals surface area contributed by atoms with Crippen LogP contribution in [0.1, 0.15) is 28.6 Å². The van der Waals surface area contributed by atoms with Crippen molar-refractivity contribution in [1.82, 2.24) is 4.90 Å². The molecular formula is C17H20ClNOS. The fourth-order valence-corrected chi connectivity index (χ4v) is 3.20. The molecule has 2 aromatic rings. The van der Waals surface area contributed by atoms with Gasteiger partial charge >= 0.3 is 0 Å². The molecule has 2 rings (SSSR count). The number of carbonyl (C=O) groups excluding carboxylic acids is 1. The minimum absolute atomic E-state index is 0.146. The molecule has 0 radical (unpaired) electrons. The van der Waals surface area contributed by atoms with E-state index in [1.54, 1.807) is 23.5 Å². The average molecular weight is 322 g/mol. The standard InChI is InChI=1S/C17H20ClNOS/c1-13(11-16-7-4-10-21-16)19(2)9-8-17(20)14-5-3-6-15(18)12-14/h3-7,10,12-13H,8-9,11H2,1-2H3. The van der Waals surface area contributed by atoms with Gasteiger partial charge in [-0.05, 0) is 44.0 Å². The Hall–Kier alpha value is -1.16. The third kappa shape index (κ3) is 4.95. The Morgan fingerprint density at radius 3 is 2.81 bits per heavy atom. The molecule has 1 heterocycles. The van der Waals surface area contributed by atoms with Gasteiger partial charge in [0.25, 0.3) is 0 Å². The van der Waals surface area contributed by atoms with Gasteiger partial charge in [0, 0.05) is 34.5 Å². The number of benzene rings is 1. The van der Waals surface area contributed by atoms with Crippen LogP contribution in [0.3, 0.4) is 0 Å². The molecule has 0 aliphatic rings. The first-order chi connectivity index (χ1) is 10.1. The molecule has 0 aliphatic heterocycles. The second-order valence-electron chi connectivity index (χ2n) is 5.30. The first-order valence-electron chi connectivity index (χ1n) is 7.07. The largest absolute Gasteiger partial charge is 0.303 e. The van der Waals surface area contributed by atoms with E-state index in [1.807, 2.05) is 12.1 Å². The predicted octanol–water partition coefficient (Wildman–Crippen LogP) is 4.54. The van der Waals surface area contributed by atoms with Gasteiger partial charge in [-0.15, -0.1) is 11.3 Å². The van der Waals surface area contributed by atoms with Crippen LogP contribution in [0.2, 0.25) is 5.02 Å². The van der Waals surface area contributed by atoms with Crippen molar-refractivity contribution in [2.24, 2.45) is 0 Å². The number of nitrogens with zero attached hydrogens (tertiary/aromatic N) is 1. The lowest BCUT2D eigenvalue weighted by atomic mass is 10.1. The van der Waals surface area contributed by atoms with Crippen LogP contribution in [-0.4, -0.2) is 30.3 Å². The number of Topliss-reactive ketones (excluding diaryl/α,β-unsaturated/α-hetero) is 1. The van der Waals surface area contributed by atoms with Gasteiger partial charge in [0.2, 0.25) is 0 Å². The number of carbonyl (C=O) groups is 1. The minimum Gasteiger partial charge on any atom is -0.303 e. The van der Waals surface area contributed by atoms with E-state index in [1.165, 1.54) is 4.88 Å². The molecule has 21 heavy (non-hydrogen) atoms. The first kappa shape index (κ1) is 16.2. The molecule has 0 aliphatic carbocycles. The maximum atomic E-state index is 12.2. The van der Waals surface area contributed by atoms with Crippen LogP contribution in [0.4, 0.5) is 0 Å². The van der Waals surface area contributed by atoms with Crippen LogP contribution in [0.15, 0.2) is 41.8 Å². The maximum absolute atomic E-state index is 12.2. The fourth-order valence-electron chi connectivity index (χ4n) is 2.18. The lowest BCUT2D eigenvalue weighted by Crippen LogP contribution is -2.32. The summed E-state index contributed by atoms with van der Waals surface area (Å²) < 4.78 is 0. The van der Waals surface area contributed by atoms with Gasteiger partial charge in [-0.1, -0.05) is 29.8 Å². The molecule has 0 bridgehead atoms. The van der Waals surface area contributed by atoms with Crippen molar-refractivity contribution in [2.45, 2.75) is 25.8 Å². The summed E-state index contributed by atoms with van der Waals surface area (Å²) in [7, 11) is 2.07. The van der Waals surface area contributed by atoms with Crippen molar-refractivity contribution in [3.8, 4) is 0 Å².